The van der Waals surface area contributed by atoms with E-state index in [1.807, 2.05) is 6.07 Å². The molecule has 0 saturated heterocycles. The molecule has 0 spiro atoms. The zero-order valence-corrected chi connectivity index (χ0v) is 23.4. The molecule has 1 aliphatic carbocycles. The molecule has 1 fully saturated rings. The van der Waals surface area contributed by atoms with Gasteiger partial charge in [-0.15, -0.1) is 0 Å². The summed E-state index contributed by atoms with van der Waals surface area (Å²) in [6, 6.07) is 9.15. The summed E-state index contributed by atoms with van der Waals surface area (Å²) >= 11 is 0. The summed E-state index contributed by atoms with van der Waals surface area (Å²) in [7, 11) is -2.20. The first-order valence-electron chi connectivity index (χ1n) is 13.2. The third-order valence-corrected chi connectivity index (χ3v) is 7.75. The summed E-state index contributed by atoms with van der Waals surface area (Å²) in [4.78, 5) is 23.2. The molecule has 0 atom stereocenters. The predicted octanol–water partition coefficient (Wildman–Crippen LogP) is 3.03. The van der Waals surface area contributed by atoms with E-state index in [4.69, 9.17) is 23.7 Å². The smallest absolute Gasteiger partial charge is 0.329 e. The van der Waals surface area contributed by atoms with Crippen LogP contribution in [0.2, 0.25) is 0 Å². The van der Waals surface area contributed by atoms with Crippen LogP contribution in [0.1, 0.15) is 40.2 Å². The Bertz CT molecular complexity index is 1470. The molecule has 1 aliphatic rings. The highest BCUT2D eigenvalue weighted by molar-refractivity contribution is 7.88. The Labute approximate surface area is 237 Å². The number of halogens is 1. The van der Waals surface area contributed by atoms with Gasteiger partial charge in [0.25, 0.3) is 5.91 Å². The first kappa shape index (κ1) is 30.6. The number of ether oxygens (including phenoxy) is 3. The van der Waals surface area contributed by atoms with E-state index in [2.05, 4.69) is 10.0 Å². The van der Waals surface area contributed by atoms with Crippen LogP contribution in [0.5, 0.6) is 0 Å². The Balaban J connectivity index is 1.39. The van der Waals surface area contributed by atoms with Crippen molar-refractivity contribution in [2.24, 2.45) is 0 Å². The lowest BCUT2D eigenvalue weighted by Crippen LogP contribution is -2.29. The third-order valence-electron chi connectivity index (χ3n) is 6.41. The first-order valence-corrected chi connectivity index (χ1v) is 14.8. The van der Waals surface area contributed by atoms with Gasteiger partial charge < -0.3 is 29.1 Å². The molecule has 2 aromatic carbocycles. The Morgan fingerprint density at radius 2 is 1.68 bits per heavy atom. The number of hydrogen-bond acceptors (Lipinski definition) is 8. The summed E-state index contributed by atoms with van der Waals surface area (Å²) in [6.07, 6.45) is 1.84. The van der Waals surface area contributed by atoms with Crippen LogP contribution in [-0.4, -0.2) is 78.6 Å². The van der Waals surface area contributed by atoms with E-state index in [9.17, 15) is 22.4 Å². The van der Waals surface area contributed by atoms with Crippen LogP contribution < -0.4 is 10.0 Å². The Morgan fingerprint density at radius 3 is 2.32 bits per heavy atom. The largest absolute Gasteiger partial charge is 0.480 e. The molecular formula is C28H33FN2O9S. The van der Waals surface area contributed by atoms with Crippen LogP contribution in [0.25, 0.3) is 22.3 Å². The zero-order valence-electron chi connectivity index (χ0n) is 22.6. The average molecular weight is 593 g/mol. The fourth-order valence-electron chi connectivity index (χ4n) is 4.38. The lowest BCUT2D eigenvalue weighted by molar-refractivity contribution is -0.142. The molecule has 0 unspecified atom stereocenters. The van der Waals surface area contributed by atoms with Crippen molar-refractivity contribution in [2.75, 3.05) is 53.2 Å². The molecule has 1 saturated carbocycles. The SMILES string of the molecule is CNC(=O)c1c(-c2ccc(F)cc2)oc2cc(CS(=O)(=O)NCCOCCOCCOCC(=O)O)c(C3CC3)cc12. The number of furan rings is 1. The van der Waals surface area contributed by atoms with Crippen molar-refractivity contribution in [1.29, 1.82) is 0 Å². The van der Waals surface area contributed by atoms with Crippen LogP contribution in [0.15, 0.2) is 40.8 Å². The number of carboxylic acid groups (broad SMARTS) is 1. The number of amides is 1. The zero-order chi connectivity index (χ0) is 29.4. The summed E-state index contributed by atoms with van der Waals surface area (Å²) in [5.41, 5.74) is 2.67. The molecule has 3 N–H and O–H groups in total. The molecule has 0 radical (unpaired) electrons. The average Bonchev–Trinajstić information content (AvgIpc) is 3.71. The van der Waals surface area contributed by atoms with Crippen LogP contribution in [0.3, 0.4) is 0 Å². The highest BCUT2D eigenvalue weighted by Crippen LogP contribution is 2.45. The minimum atomic E-state index is -3.72. The second kappa shape index (κ2) is 14.0. The molecular weight excluding hydrogens is 559 g/mol. The second-order valence-electron chi connectivity index (χ2n) is 9.54. The van der Waals surface area contributed by atoms with E-state index in [0.29, 0.717) is 27.7 Å². The second-order valence-corrected chi connectivity index (χ2v) is 11.3. The van der Waals surface area contributed by atoms with Gasteiger partial charge >= 0.3 is 5.97 Å². The molecule has 1 amide bonds. The van der Waals surface area contributed by atoms with E-state index in [1.165, 1.54) is 31.3 Å². The fraction of sp³-hybridized carbons (Fsp3) is 0.429. The molecule has 0 bridgehead atoms. The van der Waals surface area contributed by atoms with E-state index >= 15 is 0 Å². The van der Waals surface area contributed by atoms with E-state index in [1.54, 1.807) is 6.07 Å². The molecule has 4 rings (SSSR count). The summed E-state index contributed by atoms with van der Waals surface area (Å²) in [5.74, 6) is -1.61. The number of hydrogen-bond donors (Lipinski definition) is 3. The van der Waals surface area contributed by atoms with Crippen molar-refractivity contribution in [1.82, 2.24) is 10.0 Å². The highest BCUT2D eigenvalue weighted by Gasteiger charge is 2.30. The quantitative estimate of drug-likeness (QED) is 0.201. The molecule has 3 aromatic rings. The Kier molecular flexibility index (Phi) is 10.5. The summed E-state index contributed by atoms with van der Waals surface area (Å²) < 4.78 is 63.5. The number of fused-ring (bicyclic) bond motifs is 1. The van der Waals surface area contributed by atoms with Gasteiger partial charge in [-0.25, -0.2) is 22.3 Å². The van der Waals surface area contributed by atoms with Gasteiger partial charge in [-0.05, 0) is 66.3 Å². The molecule has 1 heterocycles. The van der Waals surface area contributed by atoms with Crippen molar-refractivity contribution >= 4 is 32.9 Å². The van der Waals surface area contributed by atoms with Gasteiger partial charge in [-0.3, -0.25) is 4.79 Å². The summed E-state index contributed by atoms with van der Waals surface area (Å²) in [6.45, 7) is 0.705. The van der Waals surface area contributed by atoms with E-state index < -0.39 is 21.8 Å². The van der Waals surface area contributed by atoms with Crippen molar-refractivity contribution in [2.45, 2.75) is 24.5 Å². The number of carboxylic acids is 1. The minimum absolute atomic E-state index is 0.0708. The van der Waals surface area contributed by atoms with Gasteiger partial charge in [0.15, 0.2) is 0 Å². The Hall–Kier alpha value is -3.36. The van der Waals surface area contributed by atoms with Gasteiger partial charge in [0, 0.05) is 24.5 Å². The normalized spacial score (nSPS) is 13.5. The molecule has 41 heavy (non-hydrogen) atoms. The van der Waals surface area contributed by atoms with Gasteiger partial charge in [0.2, 0.25) is 10.0 Å². The van der Waals surface area contributed by atoms with Gasteiger partial charge in [-0.2, -0.15) is 0 Å². The summed E-state index contributed by atoms with van der Waals surface area (Å²) in [5, 5.41) is 11.7. The third kappa shape index (κ3) is 8.57. The van der Waals surface area contributed by atoms with Crippen molar-refractivity contribution in [3.8, 4) is 11.3 Å². The molecule has 1 aromatic heterocycles. The van der Waals surface area contributed by atoms with Crippen molar-refractivity contribution in [3.05, 3.63) is 58.9 Å². The number of carbonyl (C=O) groups excluding carboxylic acids is 1. The maximum absolute atomic E-state index is 13.5. The number of benzene rings is 2. The van der Waals surface area contributed by atoms with Gasteiger partial charge in [0.1, 0.15) is 23.8 Å². The topological polar surface area (TPSA) is 153 Å². The van der Waals surface area contributed by atoms with Crippen LogP contribution in [0, 0.1) is 5.82 Å². The van der Waals surface area contributed by atoms with Crippen LogP contribution in [-0.2, 0) is 34.8 Å². The minimum Gasteiger partial charge on any atom is -0.480 e. The fourth-order valence-corrected chi connectivity index (χ4v) is 5.54. The molecule has 11 nitrogen and oxygen atoms in total. The number of sulfonamides is 1. The number of rotatable bonds is 17. The number of nitrogens with one attached hydrogen (secondary N) is 2. The standard InChI is InChI=1S/C28H33FN2O9S/c1-30-28(34)26-23-15-22(18-2-3-18)20(14-24(23)40-27(26)19-4-6-21(29)7-5-19)17-41(35,36)31-8-9-37-10-11-38-12-13-39-16-25(32)33/h4-7,14-15,18,31H,2-3,8-13,16-17H2,1H3,(H,30,34)(H,32,33). The maximum atomic E-state index is 13.5. The van der Waals surface area contributed by atoms with E-state index in [0.717, 1.165) is 18.4 Å². The van der Waals surface area contributed by atoms with E-state index in [-0.39, 0.29) is 69.5 Å². The molecule has 0 aliphatic heterocycles. The number of carbonyl (C=O) groups is 2. The van der Waals surface area contributed by atoms with Crippen LogP contribution in [0.4, 0.5) is 4.39 Å². The van der Waals surface area contributed by atoms with Gasteiger partial charge in [0.05, 0.1) is 44.4 Å². The van der Waals surface area contributed by atoms with Crippen LogP contribution >= 0.6 is 0 Å². The molecule has 222 valence electrons. The predicted molar refractivity (Wildman–Crippen MR) is 148 cm³/mol. The lowest BCUT2D eigenvalue weighted by Gasteiger charge is -2.12. The molecule has 13 heteroatoms. The highest BCUT2D eigenvalue weighted by atomic mass is 32.2. The Morgan fingerprint density at radius 1 is 1.02 bits per heavy atom. The number of aliphatic carboxylic acids is 1. The van der Waals surface area contributed by atoms with Crippen molar-refractivity contribution in [3.63, 3.8) is 0 Å². The lowest BCUT2D eigenvalue weighted by atomic mass is 9.98. The van der Waals surface area contributed by atoms with Gasteiger partial charge in [-0.1, -0.05) is 0 Å². The van der Waals surface area contributed by atoms with Crippen molar-refractivity contribution < 1.29 is 46.1 Å². The monoisotopic (exact) mass is 592 g/mol. The first-order chi connectivity index (χ1) is 19.7. The maximum Gasteiger partial charge on any atom is 0.329 e.